The Morgan fingerprint density at radius 1 is 0.833 bits per heavy atom. The van der Waals surface area contributed by atoms with Crippen LogP contribution in [0.4, 0.5) is 8.78 Å². The van der Waals surface area contributed by atoms with Gasteiger partial charge in [0.1, 0.15) is 12.4 Å². The summed E-state index contributed by atoms with van der Waals surface area (Å²) in [6, 6.07) is 20.4. The van der Waals surface area contributed by atoms with Gasteiger partial charge < -0.3 is 4.74 Å². The number of benzene rings is 3. The van der Waals surface area contributed by atoms with Gasteiger partial charge in [-0.1, -0.05) is 48.5 Å². The lowest BCUT2D eigenvalue weighted by molar-refractivity contribution is 0.307. The number of para-hydroxylation sites is 1. The summed E-state index contributed by atoms with van der Waals surface area (Å²) in [5.74, 6) is -1.54. The lowest BCUT2D eigenvalue weighted by Gasteiger charge is -2.13. The molecule has 3 rings (SSSR count). The molecular weight excluding hydrogens is 308 g/mol. The molecule has 0 bridgehead atoms. The minimum atomic E-state index is -1.04. The lowest BCUT2D eigenvalue weighted by Crippen LogP contribution is -1.98. The predicted molar refractivity (Wildman–Crippen MR) is 87.3 cm³/mol. The molecule has 0 radical (unpaired) electrons. The molecule has 0 heterocycles. The average Bonchev–Trinajstić information content (AvgIpc) is 2.63. The minimum absolute atomic E-state index is 0.0599. The number of rotatable bonds is 4. The second kappa shape index (κ2) is 6.93. The molecule has 0 fully saturated rings. The first-order chi connectivity index (χ1) is 11.7. The maximum atomic E-state index is 13.6. The highest BCUT2D eigenvalue weighted by atomic mass is 19.2. The van der Waals surface area contributed by atoms with E-state index in [1.54, 1.807) is 24.3 Å². The molecule has 24 heavy (non-hydrogen) atoms. The number of ether oxygens (including phenoxy) is 1. The first-order valence-corrected chi connectivity index (χ1v) is 7.34. The molecular formula is C20H13F2NO. The van der Waals surface area contributed by atoms with Crippen LogP contribution >= 0.6 is 0 Å². The Bertz CT molecular complexity index is 901. The van der Waals surface area contributed by atoms with Crippen molar-refractivity contribution in [1.29, 1.82) is 5.26 Å². The second-order valence-electron chi connectivity index (χ2n) is 5.19. The van der Waals surface area contributed by atoms with Gasteiger partial charge in [0.15, 0.2) is 11.6 Å². The fourth-order valence-corrected chi connectivity index (χ4v) is 2.41. The smallest absolute Gasteiger partial charge is 0.160 e. The summed E-state index contributed by atoms with van der Waals surface area (Å²) >= 11 is 0. The van der Waals surface area contributed by atoms with Crippen LogP contribution in [-0.2, 0) is 6.61 Å². The van der Waals surface area contributed by atoms with Crippen LogP contribution in [0.5, 0.6) is 5.75 Å². The van der Waals surface area contributed by atoms with Crippen LogP contribution in [0.1, 0.15) is 11.1 Å². The molecule has 0 aliphatic carbocycles. The van der Waals surface area contributed by atoms with Gasteiger partial charge in [0, 0.05) is 11.1 Å². The number of hydrogen-bond donors (Lipinski definition) is 0. The fraction of sp³-hybridized carbons (Fsp3) is 0.0500. The van der Waals surface area contributed by atoms with Gasteiger partial charge in [0.05, 0.1) is 11.6 Å². The van der Waals surface area contributed by atoms with Crippen LogP contribution in [0.3, 0.4) is 0 Å². The summed E-state index contributed by atoms with van der Waals surface area (Å²) in [5.41, 5.74) is 1.90. The minimum Gasteiger partial charge on any atom is -0.488 e. The molecule has 0 aliphatic rings. The molecule has 0 spiro atoms. The van der Waals surface area contributed by atoms with E-state index < -0.39 is 11.6 Å². The Hall–Kier alpha value is -3.19. The third-order valence-electron chi connectivity index (χ3n) is 3.60. The zero-order valence-corrected chi connectivity index (χ0v) is 12.7. The lowest BCUT2D eigenvalue weighted by atomic mass is 9.99. The molecule has 4 heteroatoms. The monoisotopic (exact) mass is 321 g/mol. The van der Waals surface area contributed by atoms with Crippen molar-refractivity contribution in [2.75, 3.05) is 0 Å². The maximum absolute atomic E-state index is 13.6. The van der Waals surface area contributed by atoms with Crippen molar-refractivity contribution in [1.82, 2.24) is 0 Å². The third kappa shape index (κ3) is 3.26. The fourth-order valence-electron chi connectivity index (χ4n) is 2.41. The maximum Gasteiger partial charge on any atom is 0.160 e. The molecule has 0 unspecified atom stereocenters. The summed E-state index contributed by atoms with van der Waals surface area (Å²) < 4.78 is 32.8. The van der Waals surface area contributed by atoms with Gasteiger partial charge in [-0.15, -0.1) is 0 Å². The van der Waals surface area contributed by atoms with Crippen molar-refractivity contribution in [3.05, 3.63) is 89.5 Å². The van der Waals surface area contributed by atoms with E-state index in [0.717, 1.165) is 17.7 Å². The highest BCUT2D eigenvalue weighted by Crippen LogP contribution is 2.33. The van der Waals surface area contributed by atoms with E-state index in [4.69, 9.17) is 4.74 Å². The van der Waals surface area contributed by atoms with Crippen LogP contribution in [-0.4, -0.2) is 0 Å². The molecule has 0 atom stereocenters. The van der Waals surface area contributed by atoms with Crippen molar-refractivity contribution in [3.63, 3.8) is 0 Å². The van der Waals surface area contributed by atoms with E-state index in [1.165, 1.54) is 0 Å². The zero-order valence-electron chi connectivity index (χ0n) is 12.7. The van der Waals surface area contributed by atoms with Crippen molar-refractivity contribution in [2.24, 2.45) is 0 Å². The predicted octanol–water partition coefficient (Wildman–Crippen LogP) is 5.08. The van der Waals surface area contributed by atoms with Gasteiger partial charge in [0.2, 0.25) is 0 Å². The molecule has 3 aromatic carbocycles. The number of halogens is 2. The Morgan fingerprint density at radius 2 is 1.50 bits per heavy atom. The molecule has 0 amide bonds. The van der Waals surface area contributed by atoms with E-state index >= 15 is 0 Å². The van der Waals surface area contributed by atoms with E-state index in [9.17, 15) is 14.0 Å². The quantitative estimate of drug-likeness (QED) is 0.671. The topological polar surface area (TPSA) is 33.0 Å². The summed E-state index contributed by atoms with van der Waals surface area (Å²) in [5, 5.41) is 9.21. The summed E-state index contributed by atoms with van der Waals surface area (Å²) in [4.78, 5) is 0. The molecule has 0 aliphatic heterocycles. The Balaban J connectivity index is 1.98. The van der Waals surface area contributed by atoms with E-state index in [0.29, 0.717) is 23.5 Å². The van der Waals surface area contributed by atoms with Crippen molar-refractivity contribution < 1.29 is 13.5 Å². The van der Waals surface area contributed by atoms with E-state index in [1.807, 2.05) is 36.4 Å². The Kier molecular flexibility index (Phi) is 4.53. The van der Waals surface area contributed by atoms with Gasteiger partial charge in [-0.25, -0.2) is 8.78 Å². The van der Waals surface area contributed by atoms with Crippen molar-refractivity contribution >= 4 is 0 Å². The van der Waals surface area contributed by atoms with Gasteiger partial charge in [-0.05, 0) is 23.8 Å². The number of hydrogen-bond acceptors (Lipinski definition) is 2. The van der Waals surface area contributed by atoms with Gasteiger partial charge in [-0.2, -0.15) is 5.26 Å². The van der Waals surface area contributed by atoms with E-state index in [2.05, 4.69) is 0 Å². The van der Waals surface area contributed by atoms with Crippen LogP contribution in [0.2, 0.25) is 0 Å². The summed E-state index contributed by atoms with van der Waals surface area (Å²) in [7, 11) is 0. The standard InChI is InChI=1S/C20H13F2NO/c21-18-10-15(12-23)17(11-19(18)22)16-8-4-5-9-20(16)24-13-14-6-2-1-3-7-14/h1-11H,13H2. The molecule has 2 nitrogen and oxygen atoms in total. The second-order valence-corrected chi connectivity index (χ2v) is 5.19. The first-order valence-electron chi connectivity index (χ1n) is 7.34. The summed E-state index contributed by atoms with van der Waals surface area (Å²) in [6.45, 7) is 0.337. The van der Waals surface area contributed by atoms with E-state index in [-0.39, 0.29) is 5.56 Å². The van der Waals surface area contributed by atoms with Crippen LogP contribution < -0.4 is 4.74 Å². The van der Waals surface area contributed by atoms with Crippen LogP contribution in [0, 0.1) is 23.0 Å². The Morgan fingerprint density at radius 3 is 2.25 bits per heavy atom. The molecule has 118 valence electrons. The van der Waals surface area contributed by atoms with Gasteiger partial charge in [-0.3, -0.25) is 0 Å². The highest BCUT2D eigenvalue weighted by Gasteiger charge is 2.15. The normalized spacial score (nSPS) is 10.2. The molecule has 3 aromatic rings. The molecule has 0 saturated heterocycles. The average molecular weight is 321 g/mol. The first kappa shape index (κ1) is 15.7. The van der Waals surface area contributed by atoms with Crippen LogP contribution in [0.25, 0.3) is 11.1 Å². The third-order valence-corrected chi connectivity index (χ3v) is 3.60. The molecule has 0 aromatic heterocycles. The van der Waals surface area contributed by atoms with Crippen molar-refractivity contribution in [2.45, 2.75) is 6.61 Å². The highest BCUT2D eigenvalue weighted by molar-refractivity contribution is 5.75. The zero-order chi connectivity index (χ0) is 16.9. The van der Waals surface area contributed by atoms with Gasteiger partial charge in [0.25, 0.3) is 0 Å². The molecule has 0 N–H and O–H groups in total. The number of nitriles is 1. The number of nitrogens with zero attached hydrogens (tertiary/aromatic N) is 1. The van der Waals surface area contributed by atoms with Crippen molar-refractivity contribution in [3.8, 4) is 22.9 Å². The Labute approximate surface area is 138 Å². The SMILES string of the molecule is N#Cc1cc(F)c(F)cc1-c1ccccc1OCc1ccccc1. The largest absolute Gasteiger partial charge is 0.488 e. The summed E-state index contributed by atoms with van der Waals surface area (Å²) in [6.07, 6.45) is 0. The molecule has 0 saturated carbocycles. The van der Waals surface area contributed by atoms with Gasteiger partial charge >= 0.3 is 0 Å². The van der Waals surface area contributed by atoms with Crippen LogP contribution in [0.15, 0.2) is 66.7 Å².